The zero-order chi connectivity index (χ0) is 20.2. The van der Waals surface area contributed by atoms with Gasteiger partial charge in [-0.2, -0.15) is 0 Å². The van der Waals surface area contributed by atoms with Crippen LogP contribution in [0.15, 0.2) is 30.3 Å². The van der Waals surface area contributed by atoms with Crippen LogP contribution in [0.2, 0.25) is 0 Å². The zero-order valence-electron chi connectivity index (χ0n) is 17.3. The number of carbonyl (C=O) groups is 1. The van der Waals surface area contributed by atoms with Gasteiger partial charge in [0.05, 0.1) is 20.3 Å². The maximum absolute atomic E-state index is 13.1. The van der Waals surface area contributed by atoms with Crippen LogP contribution in [-0.4, -0.2) is 38.7 Å². The molecule has 1 atom stereocenters. The minimum atomic E-state index is -0.00496. The third kappa shape index (κ3) is 3.97. The molecule has 1 unspecified atom stereocenters. The van der Waals surface area contributed by atoms with Crippen molar-refractivity contribution < 1.29 is 19.0 Å². The number of piperidine rings is 1. The van der Waals surface area contributed by atoms with E-state index in [9.17, 15) is 4.79 Å². The molecule has 29 heavy (non-hydrogen) atoms. The number of hydrogen-bond acceptors (Lipinski definition) is 5. The van der Waals surface area contributed by atoms with Gasteiger partial charge in [-0.1, -0.05) is 25.5 Å². The first-order valence-electron chi connectivity index (χ1n) is 10.6. The summed E-state index contributed by atoms with van der Waals surface area (Å²) in [5.74, 6) is 2.04. The van der Waals surface area contributed by atoms with Crippen molar-refractivity contribution in [2.45, 2.75) is 45.1 Å². The fourth-order valence-corrected chi connectivity index (χ4v) is 4.22. The summed E-state index contributed by atoms with van der Waals surface area (Å²) in [4.78, 5) is 13.1. The van der Waals surface area contributed by atoms with Crippen LogP contribution < -0.4 is 19.5 Å². The normalized spacial score (nSPS) is 17.6. The molecule has 2 aliphatic rings. The Morgan fingerprint density at radius 2 is 1.90 bits per heavy atom. The minimum Gasteiger partial charge on any atom is -0.496 e. The predicted molar refractivity (Wildman–Crippen MR) is 113 cm³/mol. The number of fused-ring (bicyclic) bond motifs is 3. The maximum Gasteiger partial charge on any atom is 0.194 e. The summed E-state index contributed by atoms with van der Waals surface area (Å²) in [5, 5.41) is 3.55. The average molecular weight is 395 g/mol. The van der Waals surface area contributed by atoms with E-state index in [1.807, 2.05) is 30.3 Å². The van der Waals surface area contributed by atoms with E-state index < -0.39 is 0 Å². The van der Waals surface area contributed by atoms with Crippen LogP contribution in [0.25, 0.3) is 11.1 Å². The Kier molecular flexibility index (Phi) is 6.05. The van der Waals surface area contributed by atoms with Crippen molar-refractivity contribution in [1.29, 1.82) is 0 Å². The van der Waals surface area contributed by atoms with Gasteiger partial charge < -0.3 is 19.5 Å². The van der Waals surface area contributed by atoms with Crippen LogP contribution in [0.1, 0.15) is 54.9 Å². The highest BCUT2D eigenvalue weighted by Crippen LogP contribution is 2.48. The standard InChI is InChI=1S/C24H29NO4/c1-3-12-28-17-14-19-23(21(15-17)27-2)22-18(24(19)26)8-6-9-20(22)29-13-10-16-7-4-5-11-25-16/h6,8-9,14-16,25H,3-5,7,10-13H2,1-2H3. The van der Waals surface area contributed by atoms with E-state index >= 15 is 0 Å². The first-order valence-corrected chi connectivity index (χ1v) is 10.6. The lowest BCUT2D eigenvalue weighted by atomic mass is 10.0. The summed E-state index contributed by atoms with van der Waals surface area (Å²) in [6.45, 7) is 4.37. The molecule has 0 bridgehead atoms. The van der Waals surface area contributed by atoms with Crippen LogP contribution >= 0.6 is 0 Å². The molecule has 0 amide bonds. The molecule has 0 spiro atoms. The lowest BCUT2D eigenvalue weighted by Gasteiger charge is -2.23. The third-order valence-corrected chi connectivity index (χ3v) is 5.67. The number of rotatable bonds is 8. The highest BCUT2D eigenvalue weighted by atomic mass is 16.5. The minimum absolute atomic E-state index is 0.00496. The van der Waals surface area contributed by atoms with Gasteiger partial charge in [0.15, 0.2) is 5.78 Å². The van der Waals surface area contributed by atoms with Gasteiger partial charge >= 0.3 is 0 Å². The number of methoxy groups -OCH3 is 1. The van der Waals surface area contributed by atoms with Crippen LogP contribution in [0.5, 0.6) is 17.2 Å². The van der Waals surface area contributed by atoms with E-state index in [1.165, 1.54) is 19.3 Å². The monoisotopic (exact) mass is 395 g/mol. The molecule has 0 saturated carbocycles. The quantitative estimate of drug-likeness (QED) is 0.604. The summed E-state index contributed by atoms with van der Waals surface area (Å²) in [5.41, 5.74) is 2.93. The molecule has 1 N–H and O–H groups in total. The number of nitrogens with one attached hydrogen (secondary N) is 1. The second-order valence-corrected chi connectivity index (χ2v) is 7.69. The van der Waals surface area contributed by atoms with Gasteiger partial charge in [0.25, 0.3) is 0 Å². The first-order chi connectivity index (χ1) is 14.2. The van der Waals surface area contributed by atoms with Crippen molar-refractivity contribution >= 4 is 5.78 Å². The topological polar surface area (TPSA) is 56.8 Å². The molecule has 0 radical (unpaired) electrons. The van der Waals surface area contributed by atoms with E-state index in [0.717, 1.165) is 36.3 Å². The highest BCUT2D eigenvalue weighted by molar-refractivity contribution is 6.23. The van der Waals surface area contributed by atoms with Crippen molar-refractivity contribution in [3.63, 3.8) is 0 Å². The van der Waals surface area contributed by atoms with Crippen LogP contribution in [0.3, 0.4) is 0 Å². The largest absolute Gasteiger partial charge is 0.496 e. The summed E-state index contributed by atoms with van der Waals surface area (Å²) in [6.07, 6.45) is 5.60. The number of hydrogen-bond donors (Lipinski definition) is 1. The molecule has 5 nitrogen and oxygen atoms in total. The van der Waals surface area contributed by atoms with Gasteiger partial charge in [-0.3, -0.25) is 4.79 Å². The molecule has 1 aliphatic heterocycles. The summed E-state index contributed by atoms with van der Waals surface area (Å²) in [7, 11) is 1.62. The fraction of sp³-hybridized carbons (Fsp3) is 0.458. The molecular formula is C24H29NO4. The molecule has 1 fully saturated rings. The molecule has 1 saturated heterocycles. The maximum atomic E-state index is 13.1. The van der Waals surface area contributed by atoms with Gasteiger partial charge in [-0.05, 0) is 44.4 Å². The van der Waals surface area contributed by atoms with E-state index in [4.69, 9.17) is 14.2 Å². The van der Waals surface area contributed by atoms with E-state index in [2.05, 4.69) is 12.2 Å². The lowest BCUT2D eigenvalue weighted by Crippen LogP contribution is -2.35. The Balaban J connectivity index is 1.61. The molecule has 4 rings (SSSR count). The summed E-state index contributed by atoms with van der Waals surface area (Å²) >= 11 is 0. The van der Waals surface area contributed by atoms with E-state index in [-0.39, 0.29) is 5.78 Å². The van der Waals surface area contributed by atoms with Crippen LogP contribution in [-0.2, 0) is 0 Å². The van der Waals surface area contributed by atoms with Crippen molar-refractivity contribution in [1.82, 2.24) is 5.32 Å². The number of ketones is 1. The van der Waals surface area contributed by atoms with Gasteiger partial charge in [0, 0.05) is 34.4 Å². The average Bonchev–Trinajstić information content (AvgIpc) is 3.05. The number of benzene rings is 2. The predicted octanol–water partition coefficient (Wildman–Crippen LogP) is 4.61. The van der Waals surface area contributed by atoms with Gasteiger partial charge in [0.2, 0.25) is 0 Å². The third-order valence-electron chi connectivity index (χ3n) is 5.67. The van der Waals surface area contributed by atoms with Gasteiger partial charge in [-0.15, -0.1) is 0 Å². The Bertz CT molecular complexity index is 887. The molecule has 0 aromatic heterocycles. The van der Waals surface area contributed by atoms with Crippen LogP contribution in [0, 0.1) is 0 Å². The van der Waals surface area contributed by atoms with Gasteiger partial charge in [0.1, 0.15) is 17.2 Å². The van der Waals surface area contributed by atoms with Gasteiger partial charge in [-0.25, -0.2) is 0 Å². The smallest absolute Gasteiger partial charge is 0.194 e. The molecule has 154 valence electrons. The van der Waals surface area contributed by atoms with Crippen molar-refractivity contribution in [3.8, 4) is 28.4 Å². The lowest BCUT2D eigenvalue weighted by molar-refractivity contribution is 0.104. The highest BCUT2D eigenvalue weighted by Gasteiger charge is 2.33. The molecule has 1 heterocycles. The SMILES string of the molecule is CCCOc1cc(OC)c2c(c1)C(=O)c1cccc(OCCC3CCCCN3)c1-2. The summed E-state index contributed by atoms with van der Waals surface area (Å²) in [6, 6.07) is 9.89. The van der Waals surface area contributed by atoms with Crippen molar-refractivity contribution in [2.75, 3.05) is 26.9 Å². The second kappa shape index (κ2) is 8.87. The fourth-order valence-electron chi connectivity index (χ4n) is 4.22. The number of carbonyl (C=O) groups excluding carboxylic acids is 1. The molecule has 5 heteroatoms. The summed E-state index contributed by atoms with van der Waals surface area (Å²) < 4.78 is 17.6. The van der Waals surface area contributed by atoms with Crippen molar-refractivity contribution in [3.05, 3.63) is 41.5 Å². The Labute approximate surface area is 172 Å². The van der Waals surface area contributed by atoms with E-state index in [1.54, 1.807) is 7.11 Å². The Morgan fingerprint density at radius 3 is 2.66 bits per heavy atom. The van der Waals surface area contributed by atoms with Crippen LogP contribution in [0.4, 0.5) is 0 Å². The Hall–Kier alpha value is -2.53. The zero-order valence-corrected chi connectivity index (χ0v) is 17.3. The molecular weight excluding hydrogens is 366 g/mol. The van der Waals surface area contributed by atoms with Crippen molar-refractivity contribution in [2.24, 2.45) is 0 Å². The van der Waals surface area contributed by atoms with E-state index in [0.29, 0.717) is 41.9 Å². The molecule has 2 aromatic carbocycles. The number of ether oxygens (including phenoxy) is 3. The Morgan fingerprint density at radius 1 is 1.03 bits per heavy atom. The first kappa shape index (κ1) is 19.8. The molecule has 2 aromatic rings. The second-order valence-electron chi connectivity index (χ2n) is 7.69. The molecule has 1 aliphatic carbocycles.